The number of hydrogen-bond acceptors (Lipinski definition) is 3. The molecule has 0 unspecified atom stereocenters. The quantitative estimate of drug-likeness (QED) is 0.828. The first-order chi connectivity index (χ1) is 8.34. The van der Waals surface area contributed by atoms with Gasteiger partial charge in [-0.25, -0.2) is 4.39 Å². The molecule has 0 saturated carbocycles. The third-order valence-electron chi connectivity index (χ3n) is 2.54. The van der Waals surface area contributed by atoms with E-state index in [0.717, 1.165) is 5.56 Å². The highest BCUT2D eigenvalue weighted by Crippen LogP contribution is 2.12. The summed E-state index contributed by atoms with van der Waals surface area (Å²) in [5.41, 5.74) is 5.50. The fraction of sp³-hybridized carbons (Fsp3) is 0.385. The molecule has 5 heteroatoms. The van der Waals surface area contributed by atoms with Crippen molar-refractivity contribution < 1.29 is 9.18 Å². The molecular formula is C13H16FN3O. The molecule has 1 amide bonds. The summed E-state index contributed by atoms with van der Waals surface area (Å²) in [6.07, 6.45) is 0.208. The minimum atomic E-state index is -0.530. The Labute approximate surface area is 106 Å². The van der Waals surface area contributed by atoms with Crippen LogP contribution in [0.5, 0.6) is 0 Å². The van der Waals surface area contributed by atoms with Crippen LogP contribution in [-0.4, -0.2) is 11.4 Å². The van der Waals surface area contributed by atoms with E-state index in [1.807, 2.05) is 13.8 Å². The molecule has 0 aliphatic heterocycles. The van der Waals surface area contributed by atoms with E-state index in [1.54, 1.807) is 12.1 Å². The minimum Gasteiger partial charge on any atom is -0.370 e. The summed E-state index contributed by atoms with van der Waals surface area (Å²) in [5, 5.41) is 11.9. The summed E-state index contributed by atoms with van der Waals surface area (Å²) < 4.78 is 13.1. The summed E-state index contributed by atoms with van der Waals surface area (Å²) in [6.45, 7) is 4.15. The molecular weight excluding hydrogens is 233 g/mol. The van der Waals surface area contributed by atoms with E-state index >= 15 is 0 Å². The summed E-state index contributed by atoms with van der Waals surface area (Å²) in [7, 11) is 0. The highest BCUT2D eigenvalue weighted by atomic mass is 19.1. The van der Waals surface area contributed by atoms with E-state index in [-0.39, 0.29) is 17.9 Å². The third kappa shape index (κ3) is 4.15. The lowest BCUT2D eigenvalue weighted by molar-refractivity contribution is -0.119. The Morgan fingerprint density at radius 1 is 1.56 bits per heavy atom. The first-order valence-electron chi connectivity index (χ1n) is 5.56. The summed E-state index contributed by atoms with van der Waals surface area (Å²) >= 11 is 0. The minimum absolute atomic E-state index is 0.0157. The van der Waals surface area contributed by atoms with Gasteiger partial charge in [-0.15, -0.1) is 0 Å². The maximum absolute atomic E-state index is 13.1. The van der Waals surface area contributed by atoms with Crippen LogP contribution >= 0.6 is 0 Å². The Morgan fingerprint density at radius 2 is 2.22 bits per heavy atom. The van der Waals surface area contributed by atoms with Gasteiger partial charge in [0.05, 0.1) is 5.56 Å². The molecule has 1 rings (SSSR count). The van der Waals surface area contributed by atoms with Crippen LogP contribution in [0.25, 0.3) is 0 Å². The van der Waals surface area contributed by atoms with E-state index in [1.165, 1.54) is 12.1 Å². The number of halogens is 1. The van der Waals surface area contributed by atoms with Crippen molar-refractivity contribution in [1.29, 1.82) is 5.26 Å². The van der Waals surface area contributed by atoms with E-state index in [4.69, 9.17) is 11.0 Å². The number of nitrogens with zero attached hydrogens (tertiary/aromatic N) is 1. The Bertz CT molecular complexity index is 491. The molecule has 3 N–H and O–H groups in total. The molecule has 0 spiro atoms. The zero-order valence-corrected chi connectivity index (χ0v) is 10.5. The topological polar surface area (TPSA) is 78.9 Å². The number of nitrogens with two attached hydrogens (primary N) is 1. The van der Waals surface area contributed by atoms with Crippen LogP contribution in [0.4, 0.5) is 4.39 Å². The largest absolute Gasteiger partial charge is 0.370 e. The lowest BCUT2D eigenvalue weighted by Crippen LogP contribution is -2.42. The number of carbonyl (C=O) groups excluding carboxylic acids is 1. The van der Waals surface area contributed by atoms with Gasteiger partial charge in [-0.3, -0.25) is 4.79 Å². The third-order valence-corrected chi connectivity index (χ3v) is 2.54. The highest BCUT2D eigenvalue weighted by molar-refractivity contribution is 5.74. The van der Waals surface area contributed by atoms with Crippen molar-refractivity contribution in [3.63, 3.8) is 0 Å². The summed E-state index contributed by atoms with van der Waals surface area (Å²) in [6, 6.07) is 6.14. The molecule has 0 bridgehead atoms. The molecule has 1 aromatic carbocycles. The average molecular weight is 249 g/mol. The molecule has 0 saturated heterocycles. The molecule has 4 nitrogen and oxygen atoms in total. The van der Waals surface area contributed by atoms with Gasteiger partial charge < -0.3 is 11.1 Å². The lowest BCUT2D eigenvalue weighted by Gasteiger charge is -2.24. The van der Waals surface area contributed by atoms with Crippen LogP contribution in [0.2, 0.25) is 0 Å². The molecule has 1 aromatic rings. The number of carbonyl (C=O) groups is 1. The number of amides is 1. The van der Waals surface area contributed by atoms with Crippen molar-refractivity contribution in [2.24, 2.45) is 5.73 Å². The number of primary amides is 1. The number of benzene rings is 1. The molecule has 0 aliphatic rings. The van der Waals surface area contributed by atoms with Gasteiger partial charge in [-0.1, -0.05) is 6.07 Å². The Balaban J connectivity index is 2.69. The van der Waals surface area contributed by atoms with Crippen molar-refractivity contribution >= 4 is 5.91 Å². The van der Waals surface area contributed by atoms with Crippen LogP contribution in [0.3, 0.4) is 0 Å². The lowest BCUT2D eigenvalue weighted by atomic mass is 9.99. The van der Waals surface area contributed by atoms with Crippen LogP contribution in [-0.2, 0) is 11.3 Å². The maximum atomic E-state index is 13.1. The standard InChI is InChI=1S/C13H16FN3O/c1-13(2,6-12(16)18)17-8-9-3-4-11(14)10(5-9)7-15/h3-5,17H,6,8H2,1-2H3,(H2,16,18). The zero-order valence-electron chi connectivity index (χ0n) is 10.5. The SMILES string of the molecule is CC(C)(CC(N)=O)NCc1ccc(F)c(C#N)c1. The Kier molecular flexibility index (Phi) is 4.40. The molecule has 0 fully saturated rings. The normalized spacial score (nSPS) is 11.0. The predicted octanol–water partition coefficient (Wildman–Crippen LogP) is 1.44. The van der Waals surface area contributed by atoms with Gasteiger partial charge in [0.2, 0.25) is 5.91 Å². The van der Waals surface area contributed by atoms with Crippen molar-refractivity contribution in [3.8, 4) is 6.07 Å². The van der Waals surface area contributed by atoms with Crippen molar-refractivity contribution in [1.82, 2.24) is 5.32 Å². The second kappa shape index (κ2) is 5.61. The number of nitriles is 1. The molecule has 96 valence electrons. The van der Waals surface area contributed by atoms with Gasteiger partial charge in [0.25, 0.3) is 0 Å². The first-order valence-corrected chi connectivity index (χ1v) is 5.56. The fourth-order valence-corrected chi connectivity index (χ4v) is 1.61. The molecule has 0 heterocycles. The fourth-order valence-electron chi connectivity index (χ4n) is 1.61. The summed E-state index contributed by atoms with van der Waals surface area (Å²) in [4.78, 5) is 10.9. The molecule has 0 aromatic heterocycles. The molecule has 18 heavy (non-hydrogen) atoms. The first kappa shape index (κ1) is 14.1. The van der Waals surface area contributed by atoms with E-state index in [0.29, 0.717) is 6.54 Å². The van der Waals surface area contributed by atoms with Gasteiger partial charge in [-0.2, -0.15) is 5.26 Å². The van der Waals surface area contributed by atoms with Crippen LogP contribution < -0.4 is 11.1 Å². The van der Waals surface area contributed by atoms with Gasteiger partial charge >= 0.3 is 0 Å². The number of rotatable bonds is 5. The van der Waals surface area contributed by atoms with E-state index in [2.05, 4.69) is 5.32 Å². The van der Waals surface area contributed by atoms with Gasteiger partial charge in [0, 0.05) is 18.5 Å². The number of nitrogens with one attached hydrogen (secondary N) is 1. The van der Waals surface area contributed by atoms with Gasteiger partial charge in [0.15, 0.2) is 0 Å². The second-order valence-electron chi connectivity index (χ2n) is 4.81. The van der Waals surface area contributed by atoms with Crippen LogP contribution in [0.1, 0.15) is 31.4 Å². The molecule has 0 aliphatic carbocycles. The van der Waals surface area contributed by atoms with Gasteiger partial charge in [0.1, 0.15) is 11.9 Å². The van der Waals surface area contributed by atoms with E-state index < -0.39 is 11.4 Å². The zero-order chi connectivity index (χ0) is 13.8. The van der Waals surface area contributed by atoms with Gasteiger partial charge in [-0.05, 0) is 31.5 Å². The second-order valence-corrected chi connectivity index (χ2v) is 4.81. The molecule has 0 radical (unpaired) electrons. The van der Waals surface area contributed by atoms with Crippen LogP contribution in [0.15, 0.2) is 18.2 Å². The van der Waals surface area contributed by atoms with Crippen molar-refractivity contribution in [2.45, 2.75) is 32.4 Å². The number of hydrogen-bond donors (Lipinski definition) is 2. The van der Waals surface area contributed by atoms with E-state index in [9.17, 15) is 9.18 Å². The predicted molar refractivity (Wildman–Crippen MR) is 65.8 cm³/mol. The Hall–Kier alpha value is -1.93. The average Bonchev–Trinajstić information content (AvgIpc) is 2.26. The maximum Gasteiger partial charge on any atom is 0.219 e. The Morgan fingerprint density at radius 3 is 2.78 bits per heavy atom. The highest BCUT2D eigenvalue weighted by Gasteiger charge is 2.19. The monoisotopic (exact) mass is 249 g/mol. The summed E-state index contributed by atoms with van der Waals surface area (Å²) in [5.74, 6) is -0.915. The van der Waals surface area contributed by atoms with Crippen molar-refractivity contribution in [3.05, 3.63) is 35.1 Å². The molecule has 0 atom stereocenters. The van der Waals surface area contributed by atoms with Crippen LogP contribution in [0, 0.1) is 17.1 Å². The smallest absolute Gasteiger partial charge is 0.219 e. The van der Waals surface area contributed by atoms with Crippen molar-refractivity contribution in [2.75, 3.05) is 0 Å².